The number of halogens is 1. The molecule has 1 amide bonds. The van der Waals surface area contributed by atoms with Crippen molar-refractivity contribution in [2.75, 3.05) is 13.1 Å². The van der Waals surface area contributed by atoms with Crippen LogP contribution in [0.2, 0.25) is 0 Å². The lowest BCUT2D eigenvalue weighted by Crippen LogP contribution is -2.35. The fourth-order valence-corrected chi connectivity index (χ4v) is 3.29. The van der Waals surface area contributed by atoms with Crippen LogP contribution in [0.5, 0.6) is 0 Å². The molecule has 0 spiro atoms. The van der Waals surface area contributed by atoms with E-state index in [9.17, 15) is 9.18 Å². The highest BCUT2D eigenvalue weighted by Gasteiger charge is 2.45. The van der Waals surface area contributed by atoms with E-state index in [1.54, 1.807) is 4.90 Å². The molecule has 1 saturated heterocycles. The number of nitrogens with zero attached hydrogens (tertiary/aromatic N) is 1. The molecule has 1 heterocycles. The fraction of sp³-hybridized carbons (Fsp3) is 0.917. The van der Waals surface area contributed by atoms with Crippen molar-refractivity contribution in [1.82, 2.24) is 4.90 Å². The highest BCUT2D eigenvalue weighted by molar-refractivity contribution is 5.80. The standard InChI is InChI=1S/C12H20FNO/c1-7-4-10-5-14(12(15)9(3)13)6-11(10)8(7)2/h7-11H,4-6H2,1-3H3. The molecule has 1 aliphatic heterocycles. The van der Waals surface area contributed by atoms with E-state index >= 15 is 0 Å². The summed E-state index contributed by atoms with van der Waals surface area (Å²) in [5.41, 5.74) is 0. The smallest absolute Gasteiger partial charge is 0.256 e. The molecule has 2 aliphatic rings. The number of amides is 1. The number of hydrogen-bond donors (Lipinski definition) is 0. The second kappa shape index (κ2) is 3.76. The van der Waals surface area contributed by atoms with Crippen molar-refractivity contribution in [3.63, 3.8) is 0 Å². The molecule has 0 aromatic heterocycles. The van der Waals surface area contributed by atoms with Crippen LogP contribution < -0.4 is 0 Å². The molecule has 0 bridgehead atoms. The maximum absolute atomic E-state index is 12.9. The minimum absolute atomic E-state index is 0.316. The first-order chi connectivity index (χ1) is 7.00. The molecule has 1 saturated carbocycles. The van der Waals surface area contributed by atoms with Gasteiger partial charge in [-0.25, -0.2) is 4.39 Å². The summed E-state index contributed by atoms with van der Waals surface area (Å²) >= 11 is 0. The van der Waals surface area contributed by atoms with Crippen LogP contribution in [-0.4, -0.2) is 30.1 Å². The molecule has 2 nitrogen and oxygen atoms in total. The maximum Gasteiger partial charge on any atom is 0.256 e. The van der Waals surface area contributed by atoms with E-state index in [4.69, 9.17) is 0 Å². The van der Waals surface area contributed by atoms with Gasteiger partial charge in [0, 0.05) is 13.1 Å². The van der Waals surface area contributed by atoms with Gasteiger partial charge in [-0.3, -0.25) is 4.79 Å². The zero-order valence-corrected chi connectivity index (χ0v) is 9.74. The predicted octanol–water partition coefficient (Wildman–Crippen LogP) is 2.09. The van der Waals surface area contributed by atoms with Gasteiger partial charge in [0.2, 0.25) is 0 Å². The zero-order chi connectivity index (χ0) is 11.2. The van der Waals surface area contributed by atoms with Crippen molar-refractivity contribution in [1.29, 1.82) is 0 Å². The van der Waals surface area contributed by atoms with Crippen LogP contribution in [0.3, 0.4) is 0 Å². The van der Waals surface area contributed by atoms with E-state index in [1.165, 1.54) is 13.3 Å². The lowest BCUT2D eigenvalue weighted by molar-refractivity contribution is -0.135. The Balaban J connectivity index is 2.00. The van der Waals surface area contributed by atoms with E-state index in [0.29, 0.717) is 17.8 Å². The van der Waals surface area contributed by atoms with E-state index in [-0.39, 0.29) is 5.91 Å². The van der Waals surface area contributed by atoms with Crippen molar-refractivity contribution in [3.05, 3.63) is 0 Å². The second-order valence-electron chi connectivity index (χ2n) is 5.36. The lowest BCUT2D eigenvalue weighted by Gasteiger charge is -2.21. The van der Waals surface area contributed by atoms with Crippen molar-refractivity contribution in [2.24, 2.45) is 23.7 Å². The molecule has 15 heavy (non-hydrogen) atoms. The summed E-state index contributed by atoms with van der Waals surface area (Å²) in [7, 11) is 0. The molecular weight excluding hydrogens is 193 g/mol. The Morgan fingerprint density at radius 3 is 2.60 bits per heavy atom. The Hall–Kier alpha value is -0.600. The molecule has 5 atom stereocenters. The SMILES string of the molecule is CC(F)C(=O)N1CC2CC(C)C(C)C2C1. The summed E-state index contributed by atoms with van der Waals surface area (Å²) in [4.78, 5) is 13.2. The molecule has 2 fully saturated rings. The van der Waals surface area contributed by atoms with Crippen LogP contribution in [0.15, 0.2) is 0 Å². The zero-order valence-electron chi connectivity index (χ0n) is 9.74. The van der Waals surface area contributed by atoms with Gasteiger partial charge in [0.15, 0.2) is 6.17 Å². The monoisotopic (exact) mass is 213 g/mol. The number of carbonyl (C=O) groups excluding carboxylic acids is 1. The first-order valence-corrected chi connectivity index (χ1v) is 5.93. The maximum atomic E-state index is 12.9. The third-order valence-corrected chi connectivity index (χ3v) is 4.39. The van der Waals surface area contributed by atoms with Gasteiger partial charge in [-0.15, -0.1) is 0 Å². The number of hydrogen-bond acceptors (Lipinski definition) is 1. The first kappa shape index (κ1) is 10.9. The predicted molar refractivity (Wildman–Crippen MR) is 57.1 cm³/mol. The first-order valence-electron chi connectivity index (χ1n) is 5.93. The highest BCUT2D eigenvalue weighted by Crippen LogP contribution is 2.45. The number of alkyl halides is 1. The normalized spacial score (nSPS) is 41.7. The summed E-state index contributed by atoms with van der Waals surface area (Å²) in [6.07, 6.45) is -0.132. The molecule has 1 aliphatic carbocycles. The molecular formula is C12H20FNO. The lowest BCUT2D eigenvalue weighted by atomic mass is 9.91. The van der Waals surface area contributed by atoms with E-state index in [1.807, 2.05) is 0 Å². The van der Waals surface area contributed by atoms with Gasteiger partial charge in [-0.05, 0) is 37.0 Å². The minimum Gasteiger partial charge on any atom is -0.340 e. The molecule has 0 aromatic carbocycles. The van der Waals surface area contributed by atoms with Crippen molar-refractivity contribution < 1.29 is 9.18 Å². The Morgan fingerprint density at radius 1 is 1.40 bits per heavy atom. The van der Waals surface area contributed by atoms with Crippen molar-refractivity contribution in [3.8, 4) is 0 Å². The quantitative estimate of drug-likeness (QED) is 0.653. The highest BCUT2D eigenvalue weighted by atomic mass is 19.1. The van der Waals surface area contributed by atoms with Gasteiger partial charge < -0.3 is 4.90 Å². The van der Waals surface area contributed by atoms with Gasteiger partial charge in [0.05, 0.1) is 0 Å². The topological polar surface area (TPSA) is 20.3 Å². The van der Waals surface area contributed by atoms with E-state index in [2.05, 4.69) is 13.8 Å². The molecule has 86 valence electrons. The van der Waals surface area contributed by atoms with Crippen LogP contribution in [0.4, 0.5) is 4.39 Å². The average molecular weight is 213 g/mol. The average Bonchev–Trinajstić information content (AvgIpc) is 2.67. The summed E-state index contributed by atoms with van der Waals surface area (Å²) in [6.45, 7) is 7.45. The largest absolute Gasteiger partial charge is 0.340 e. The number of carbonyl (C=O) groups is 1. The second-order valence-corrected chi connectivity index (χ2v) is 5.36. The van der Waals surface area contributed by atoms with E-state index < -0.39 is 6.17 Å². The minimum atomic E-state index is -1.34. The van der Waals surface area contributed by atoms with Gasteiger partial charge in [0.25, 0.3) is 5.91 Å². The van der Waals surface area contributed by atoms with Crippen LogP contribution >= 0.6 is 0 Å². The summed E-state index contributed by atoms with van der Waals surface area (Å²) in [5.74, 6) is 2.37. The molecule has 5 unspecified atom stereocenters. The fourth-order valence-electron chi connectivity index (χ4n) is 3.29. The van der Waals surface area contributed by atoms with Gasteiger partial charge >= 0.3 is 0 Å². The molecule has 3 heteroatoms. The Kier molecular flexibility index (Phi) is 2.73. The Bertz CT molecular complexity index is 266. The van der Waals surface area contributed by atoms with Gasteiger partial charge in [0.1, 0.15) is 0 Å². The third-order valence-electron chi connectivity index (χ3n) is 4.39. The third kappa shape index (κ3) is 1.77. The molecule has 2 rings (SSSR count). The molecule has 0 aromatic rings. The summed E-state index contributed by atoms with van der Waals surface area (Å²) in [5, 5.41) is 0. The van der Waals surface area contributed by atoms with Gasteiger partial charge in [-0.1, -0.05) is 13.8 Å². The van der Waals surface area contributed by atoms with Crippen LogP contribution in [0, 0.1) is 23.7 Å². The van der Waals surface area contributed by atoms with Crippen molar-refractivity contribution >= 4 is 5.91 Å². The van der Waals surface area contributed by atoms with Gasteiger partial charge in [-0.2, -0.15) is 0 Å². The Morgan fingerprint density at radius 2 is 2.07 bits per heavy atom. The molecule has 0 radical (unpaired) electrons. The van der Waals surface area contributed by atoms with Crippen LogP contribution in [-0.2, 0) is 4.79 Å². The van der Waals surface area contributed by atoms with Crippen LogP contribution in [0.25, 0.3) is 0 Å². The summed E-state index contributed by atoms with van der Waals surface area (Å²) in [6, 6.07) is 0. The van der Waals surface area contributed by atoms with Crippen molar-refractivity contribution in [2.45, 2.75) is 33.4 Å². The van der Waals surface area contributed by atoms with E-state index in [0.717, 1.165) is 19.0 Å². The van der Waals surface area contributed by atoms with Crippen LogP contribution in [0.1, 0.15) is 27.2 Å². The number of fused-ring (bicyclic) bond motifs is 1. The summed E-state index contributed by atoms with van der Waals surface area (Å²) < 4.78 is 12.9. The number of likely N-dealkylation sites (tertiary alicyclic amines) is 1. The number of rotatable bonds is 1. The Labute approximate surface area is 90.8 Å². The molecule has 0 N–H and O–H groups in total.